The summed E-state index contributed by atoms with van der Waals surface area (Å²) in [6.07, 6.45) is 4.94. The minimum Gasteiger partial charge on any atom is -0.472 e. The molecule has 3 rings (SSSR count). The maximum absolute atomic E-state index is 5.98. The Balaban J connectivity index is 2.17. The van der Waals surface area contributed by atoms with Crippen LogP contribution < -0.4 is 0 Å². The number of aliphatic imine (C=N–C) groups is 1. The van der Waals surface area contributed by atoms with Crippen molar-refractivity contribution in [2.45, 2.75) is 24.9 Å². The Labute approximate surface area is 87.6 Å². The van der Waals surface area contributed by atoms with Gasteiger partial charge in [0.2, 0.25) is 0 Å². The number of hydrogen-bond acceptors (Lipinski definition) is 2. The Hall–Kier alpha value is -1.02. The van der Waals surface area contributed by atoms with Crippen molar-refractivity contribution < 1.29 is 4.74 Å². The molecule has 0 atom stereocenters. The molecule has 1 saturated carbocycles. The molecule has 0 amide bonds. The first-order chi connectivity index (χ1) is 6.80. The lowest BCUT2D eigenvalue weighted by Gasteiger charge is -2.43. The van der Waals surface area contributed by atoms with E-state index in [1.807, 2.05) is 18.2 Å². The summed E-state index contributed by atoms with van der Waals surface area (Å²) in [5.41, 5.74) is 2.04. The van der Waals surface area contributed by atoms with E-state index in [4.69, 9.17) is 16.3 Å². The van der Waals surface area contributed by atoms with Gasteiger partial charge in [-0.15, -0.1) is 0 Å². The predicted molar refractivity (Wildman–Crippen MR) is 56.2 cm³/mol. The van der Waals surface area contributed by atoms with E-state index in [9.17, 15) is 0 Å². The Bertz CT molecular complexity index is 410. The van der Waals surface area contributed by atoms with Gasteiger partial charge in [0.05, 0.1) is 5.69 Å². The number of nitrogens with zero attached hydrogens (tertiary/aromatic N) is 1. The van der Waals surface area contributed by atoms with Gasteiger partial charge in [-0.25, -0.2) is 4.99 Å². The molecule has 14 heavy (non-hydrogen) atoms. The highest BCUT2D eigenvalue weighted by atomic mass is 35.5. The molecular weight excluding hydrogens is 198 g/mol. The van der Waals surface area contributed by atoms with Crippen LogP contribution in [0.25, 0.3) is 0 Å². The van der Waals surface area contributed by atoms with Crippen molar-refractivity contribution in [2.24, 2.45) is 4.99 Å². The van der Waals surface area contributed by atoms with Crippen LogP contribution in [0.1, 0.15) is 24.8 Å². The summed E-state index contributed by atoms with van der Waals surface area (Å²) in [5, 5.41) is 0.760. The third kappa shape index (κ3) is 1.01. The molecule has 0 N–H and O–H groups in total. The second-order valence-electron chi connectivity index (χ2n) is 3.86. The van der Waals surface area contributed by atoms with Gasteiger partial charge in [0.15, 0.2) is 6.40 Å². The molecule has 3 heteroatoms. The van der Waals surface area contributed by atoms with E-state index in [1.165, 1.54) is 6.42 Å². The van der Waals surface area contributed by atoms with E-state index in [-0.39, 0.29) is 5.60 Å². The summed E-state index contributed by atoms with van der Waals surface area (Å²) in [7, 11) is 0. The zero-order chi connectivity index (χ0) is 9.60. The summed E-state index contributed by atoms with van der Waals surface area (Å²) in [4.78, 5) is 4.21. The molecule has 72 valence electrons. The van der Waals surface area contributed by atoms with Crippen molar-refractivity contribution in [1.82, 2.24) is 0 Å². The number of benzene rings is 1. The number of fused-ring (bicyclic) bond motifs is 2. The van der Waals surface area contributed by atoms with Gasteiger partial charge in [-0.05, 0) is 37.5 Å². The Morgan fingerprint density at radius 3 is 2.93 bits per heavy atom. The van der Waals surface area contributed by atoms with Crippen LogP contribution in [-0.2, 0) is 10.3 Å². The molecular formula is C11H10ClNO. The lowest BCUT2D eigenvalue weighted by molar-refractivity contribution is -0.0204. The van der Waals surface area contributed by atoms with Crippen LogP contribution in [0.2, 0.25) is 5.02 Å². The number of ether oxygens (including phenoxy) is 1. The zero-order valence-corrected chi connectivity index (χ0v) is 8.42. The first kappa shape index (κ1) is 8.30. The highest BCUT2D eigenvalue weighted by Crippen LogP contribution is 2.49. The largest absolute Gasteiger partial charge is 0.472 e. The third-order valence-corrected chi connectivity index (χ3v) is 3.32. The van der Waals surface area contributed by atoms with Gasteiger partial charge >= 0.3 is 0 Å². The van der Waals surface area contributed by atoms with Crippen LogP contribution in [-0.4, -0.2) is 6.40 Å². The highest BCUT2D eigenvalue weighted by molar-refractivity contribution is 6.30. The summed E-state index contributed by atoms with van der Waals surface area (Å²) in [5.74, 6) is 0. The molecule has 0 unspecified atom stereocenters. The van der Waals surface area contributed by atoms with E-state index in [0.717, 1.165) is 29.1 Å². The lowest BCUT2D eigenvalue weighted by atomic mass is 9.74. The van der Waals surface area contributed by atoms with Gasteiger partial charge in [-0.1, -0.05) is 11.6 Å². The molecule has 1 aliphatic heterocycles. The minimum absolute atomic E-state index is 0.109. The molecule has 1 spiro atoms. The minimum atomic E-state index is -0.109. The molecule has 1 aromatic carbocycles. The van der Waals surface area contributed by atoms with Crippen LogP contribution in [0.4, 0.5) is 5.69 Å². The van der Waals surface area contributed by atoms with Crippen molar-refractivity contribution in [2.75, 3.05) is 0 Å². The fourth-order valence-electron chi connectivity index (χ4n) is 2.12. The Morgan fingerprint density at radius 1 is 1.36 bits per heavy atom. The zero-order valence-electron chi connectivity index (χ0n) is 7.66. The molecule has 1 aliphatic carbocycles. The van der Waals surface area contributed by atoms with Gasteiger partial charge < -0.3 is 4.74 Å². The van der Waals surface area contributed by atoms with Crippen LogP contribution in [0.15, 0.2) is 23.2 Å². The van der Waals surface area contributed by atoms with Crippen LogP contribution >= 0.6 is 11.6 Å². The smallest absolute Gasteiger partial charge is 0.175 e. The van der Waals surface area contributed by atoms with Gasteiger partial charge in [0.1, 0.15) is 5.60 Å². The molecule has 1 heterocycles. The summed E-state index contributed by atoms with van der Waals surface area (Å²) >= 11 is 5.98. The average molecular weight is 208 g/mol. The van der Waals surface area contributed by atoms with Crippen molar-refractivity contribution >= 4 is 23.7 Å². The number of halogens is 1. The van der Waals surface area contributed by atoms with E-state index < -0.39 is 0 Å². The van der Waals surface area contributed by atoms with E-state index in [2.05, 4.69) is 4.99 Å². The molecule has 0 radical (unpaired) electrons. The monoisotopic (exact) mass is 207 g/mol. The SMILES string of the molecule is Clc1ccc2c(c1)C1(CCC1)OC=N2. The second-order valence-corrected chi connectivity index (χ2v) is 4.30. The van der Waals surface area contributed by atoms with Crippen molar-refractivity contribution in [3.63, 3.8) is 0 Å². The molecule has 2 nitrogen and oxygen atoms in total. The van der Waals surface area contributed by atoms with Gasteiger partial charge in [-0.2, -0.15) is 0 Å². The maximum Gasteiger partial charge on any atom is 0.175 e. The topological polar surface area (TPSA) is 21.6 Å². The van der Waals surface area contributed by atoms with E-state index in [0.29, 0.717) is 0 Å². The lowest BCUT2D eigenvalue weighted by Crippen LogP contribution is -2.38. The van der Waals surface area contributed by atoms with Crippen molar-refractivity contribution in [1.29, 1.82) is 0 Å². The predicted octanol–water partition coefficient (Wildman–Crippen LogP) is 3.41. The van der Waals surface area contributed by atoms with Gasteiger partial charge in [0, 0.05) is 10.6 Å². The molecule has 1 fully saturated rings. The Kier molecular flexibility index (Phi) is 1.62. The molecule has 2 aliphatic rings. The van der Waals surface area contributed by atoms with E-state index >= 15 is 0 Å². The summed E-state index contributed by atoms with van der Waals surface area (Å²) in [6, 6.07) is 5.80. The number of rotatable bonds is 0. The van der Waals surface area contributed by atoms with Crippen LogP contribution in [0.5, 0.6) is 0 Å². The summed E-state index contributed by atoms with van der Waals surface area (Å²) < 4.78 is 5.63. The number of hydrogen-bond donors (Lipinski definition) is 0. The van der Waals surface area contributed by atoms with Crippen molar-refractivity contribution in [3.8, 4) is 0 Å². The van der Waals surface area contributed by atoms with Crippen LogP contribution in [0, 0.1) is 0 Å². The quantitative estimate of drug-likeness (QED) is 0.639. The van der Waals surface area contributed by atoms with Gasteiger partial charge in [-0.3, -0.25) is 0 Å². The fraction of sp³-hybridized carbons (Fsp3) is 0.364. The molecule has 0 saturated heterocycles. The van der Waals surface area contributed by atoms with Gasteiger partial charge in [0.25, 0.3) is 0 Å². The molecule has 0 aromatic heterocycles. The first-order valence-corrected chi connectivity index (χ1v) is 5.18. The van der Waals surface area contributed by atoms with Crippen LogP contribution in [0.3, 0.4) is 0 Å². The maximum atomic E-state index is 5.98. The standard InChI is InChI=1S/C11H10ClNO/c12-8-2-3-10-9(6-8)11(4-1-5-11)14-7-13-10/h2-3,6-7H,1,4-5H2. The first-order valence-electron chi connectivity index (χ1n) is 4.81. The fourth-order valence-corrected chi connectivity index (χ4v) is 2.29. The molecule has 0 bridgehead atoms. The molecule has 1 aromatic rings. The van der Waals surface area contributed by atoms with E-state index in [1.54, 1.807) is 6.40 Å². The Morgan fingerprint density at radius 2 is 2.21 bits per heavy atom. The second kappa shape index (κ2) is 2.74. The normalized spacial score (nSPS) is 21.2. The highest BCUT2D eigenvalue weighted by Gasteiger charge is 2.43. The van der Waals surface area contributed by atoms with Crippen molar-refractivity contribution in [3.05, 3.63) is 28.8 Å². The average Bonchev–Trinajstić information content (AvgIpc) is 2.14. The summed E-state index contributed by atoms with van der Waals surface area (Å²) in [6.45, 7) is 0. The third-order valence-electron chi connectivity index (χ3n) is 3.08.